The van der Waals surface area contributed by atoms with Gasteiger partial charge in [-0.3, -0.25) is 0 Å². The molecule has 0 atom stereocenters. The monoisotopic (exact) mass is 491 g/mol. The summed E-state index contributed by atoms with van der Waals surface area (Å²) in [4.78, 5) is 10.7. The lowest BCUT2D eigenvalue weighted by Gasteiger charge is -2.34. The number of hydrogen-bond acceptors (Lipinski definition) is 6. The van der Waals surface area contributed by atoms with Gasteiger partial charge in [0, 0.05) is 37.9 Å². The van der Waals surface area contributed by atoms with Crippen molar-refractivity contribution in [2.75, 3.05) is 36.4 Å². The third-order valence-corrected chi connectivity index (χ3v) is 7.44. The summed E-state index contributed by atoms with van der Waals surface area (Å²) in [5.74, 6) is 1.88. The number of alkyl halides is 3. The molecule has 180 valence electrons. The van der Waals surface area contributed by atoms with Gasteiger partial charge in [-0.25, -0.2) is 18.4 Å². The van der Waals surface area contributed by atoms with E-state index in [1.165, 1.54) is 4.31 Å². The fourth-order valence-electron chi connectivity index (χ4n) is 3.69. The smallest absolute Gasteiger partial charge is 0.354 e. The molecule has 0 radical (unpaired) electrons. The predicted molar refractivity (Wildman–Crippen MR) is 124 cm³/mol. The zero-order valence-corrected chi connectivity index (χ0v) is 19.5. The minimum Gasteiger partial charge on any atom is -0.354 e. The molecule has 2 heterocycles. The number of hydrogen-bond donors (Lipinski definition) is 1. The summed E-state index contributed by atoms with van der Waals surface area (Å²) in [7, 11) is -3.90. The molecule has 1 N–H and O–H groups in total. The SMILES string of the molecule is Cc1ccc(Nc2cc(N3CCN(S(=O)(=O)c4ccc(C(F)(F)F)cc4)CC3)nc(C)n2)cc1. The molecule has 2 aromatic carbocycles. The Morgan fingerprint density at radius 1 is 0.882 bits per heavy atom. The number of sulfonamides is 1. The molecule has 11 heteroatoms. The number of benzene rings is 2. The second kappa shape index (κ2) is 9.22. The predicted octanol–water partition coefficient (Wildman–Crippen LogP) is 4.37. The number of nitrogens with zero attached hydrogens (tertiary/aromatic N) is 4. The van der Waals surface area contributed by atoms with E-state index < -0.39 is 21.8 Å². The molecule has 0 aliphatic carbocycles. The zero-order chi connectivity index (χ0) is 24.5. The van der Waals surface area contributed by atoms with Crippen molar-refractivity contribution in [1.29, 1.82) is 0 Å². The fourth-order valence-corrected chi connectivity index (χ4v) is 5.11. The summed E-state index contributed by atoms with van der Waals surface area (Å²) in [6, 6.07) is 13.3. The minimum atomic E-state index is -4.52. The maximum absolute atomic E-state index is 12.9. The van der Waals surface area contributed by atoms with Crippen LogP contribution in [0.15, 0.2) is 59.5 Å². The van der Waals surface area contributed by atoms with Crippen molar-refractivity contribution in [2.45, 2.75) is 24.9 Å². The molecule has 0 bridgehead atoms. The third kappa shape index (κ3) is 5.31. The van der Waals surface area contributed by atoms with Crippen molar-refractivity contribution in [1.82, 2.24) is 14.3 Å². The van der Waals surface area contributed by atoms with Crippen LogP contribution in [0.4, 0.5) is 30.5 Å². The zero-order valence-electron chi connectivity index (χ0n) is 18.7. The average molecular weight is 492 g/mol. The normalized spacial score (nSPS) is 15.4. The molecule has 0 saturated carbocycles. The summed E-state index contributed by atoms with van der Waals surface area (Å²) in [5.41, 5.74) is 1.15. The molecule has 0 spiro atoms. The highest BCUT2D eigenvalue weighted by molar-refractivity contribution is 7.89. The lowest BCUT2D eigenvalue weighted by molar-refractivity contribution is -0.137. The van der Waals surface area contributed by atoms with Gasteiger partial charge in [-0.2, -0.15) is 17.5 Å². The van der Waals surface area contributed by atoms with Crippen molar-refractivity contribution < 1.29 is 21.6 Å². The van der Waals surface area contributed by atoms with E-state index in [0.29, 0.717) is 30.5 Å². The van der Waals surface area contributed by atoms with E-state index in [-0.39, 0.29) is 18.0 Å². The van der Waals surface area contributed by atoms with Crippen LogP contribution in [0.3, 0.4) is 0 Å². The fraction of sp³-hybridized carbons (Fsp3) is 0.304. The molecular formula is C23H24F3N5O2S. The summed E-state index contributed by atoms with van der Waals surface area (Å²) in [5, 5.41) is 3.26. The maximum atomic E-state index is 12.9. The molecule has 1 aliphatic rings. The number of piperazine rings is 1. The first-order valence-corrected chi connectivity index (χ1v) is 12.1. The van der Waals surface area contributed by atoms with Crippen molar-refractivity contribution in [3.05, 3.63) is 71.5 Å². The van der Waals surface area contributed by atoms with Gasteiger partial charge in [0.25, 0.3) is 0 Å². The van der Waals surface area contributed by atoms with Crippen molar-refractivity contribution in [2.24, 2.45) is 0 Å². The van der Waals surface area contributed by atoms with Crippen molar-refractivity contribution in [3.63, 3.8) is 0 Å². The van der Waals surface area contributed by atoms with E-state index in [1.54, 1.807) is 6.92 Å². The molecule has 4 rings (SSSR count). The summed E-state index contributed by atoms with van der Waals surface area (Å²) in [6.07, 6.45) is -4.52. The lowest BCUT2D eigenvalue weighted by Crippen LogP contribution is -2.49. The van der Waals surface area contributed by atoms with Gasteiger partial charge in [-0.05, 0) is 50.2 Å². The van der Waals surface area contributed by atoms with E-state index >= 15 is 0 Å². The first-order chi connectivity index (χ1) is 16.0. The van der Waals surface area contributed by atoms with Gasteiger partial charge in [0.15, 0.2) is 0 Å². The first-order valence-electron chi connectivity index (χ1n) is 10.6. The van der Waals surface area contributed by atoms with Gasteiger partial charge in [-0.15, -0.1) is 0 Å². The number of nitrogens with one attached hydrogen (secondary N) is 1. The Morgan fingerprint density at radius 2 is 1.50 bits per heavy atom. The summed E-state index contributed by atoms with van der Waals surface area (Å²) < 4.78 is 65.5. The standard InChI is InChI=1S/C23H24F3N5O2S/c1-16-3-7-19(8-4-16)29-21-15-22(28-17(2)27-21)30-11-13-31(14-12-30)34(32,33)20-9-5-18(6-10-20)23(24,25)26/h3-10,15H,11-14H2,1-2H3,(H,27,28,29). The highest BCUT2D eigenvalue weighted by Crippen LogP contribution is 2.30. The molecule has 1 fully saturated rings. The molecule has 0 unspecified atom stereocenters. The molecule has 0 amide bonds. The molecule has 3 aromatic rings. The van der Waals surface area contributed by atoms with Crippen LogP contribution in [-0.4, -0.2) is 48.9 Å². The topological polar surface area (TPSA) is 78.4 Å². The Labute approximate surface area is 196 Å². The van der Waals surface area contributed by atoms with Crippen LogP contribution in [-0.2, 0) is 16.2 Å². The number of anilines is 3. The summed E-state index contributed by atoms with van der Waals surface area (Å²) >= 11 is 0. The van der Waals surface area contributed by atoms with Crippen LogP contribution in [0.2, 0.25) is 0 Å². The number of aryl methyl sites for hydroxylation is 2. The minimum absolute atomic E-state index is 0.156. The van der Waals surface area contributed by atoms with Crippen LogP contribution in [0.1, 0.15) is 17.0 Å². The van der Waals surface area contributed by atoms with Gasteiger partial charge < -0.3 is 10.2 Å². The third-order valence-electron chi connectivity index (χ3n) is 5.53. The quantitative estimate of drug-likeness (QED) is 0.571. The Bertz CT molecular complexity index is 1260. The summed E-state index contributed by atoms with van der Waals surface area (Å²) in [6.45, 7) is 4.95. The Hall–Kier alpha value is -3.18. The van der Waals surface area contributed by atoms with E-state index in [1.807, 2.05) is 42.2 Å². The number of rotatable bonds is 5. The van der Waals surface area contributed by atoms with E-state index in [2.05, 4.69) is 15.3 Å². The van der Waals surface area contributed by atoms with E-state index in [0.717, 1.165) is 35.5 Å². The van der Waals surface area contributed by atoms with Crippen LogP contribution >= 0.6 is 0 Å². The maximum Gasteiger partial charge on any atom is 0.416 e. The van der Waals surface area contributed by atoms with E-state index in [9.17, 15) is 21.6 Å². The molecule has 34 heavy (non-hydrogen) atoms. The second-order valence-corrected chi connectivity index (χ2v) is 10.0. The van der Waals surface area contributed by atoms with Crippen LogP contribution < -0.4 is 10.2 Å². The van der Waals surface area contributed by atoms with E-state index in [4.69, 9.17) is 0 Å². The lowest BCUT2D eigenvalue weighted by atomic mass is 10.2. The molecule has 1 saturated heterocycles. The Morgan fingerprint density at radius 3 is 2.09 bits per heavy atom. The number of halogens is 3. The molecule has 7 nitrogen and oxygen atoms in total. The second-order valence-electron chi connectivity index (χ2n) is 8.06. The molecule has 1 aliphatic heterocycles. The Kier molecular flexibility index (Phi) is 6.50. The van der Waals surface area contributed by atoms with Crippen LogP contribution in [0, 0.1) is 13.8 Å². The van der Waals surface area contributed by atoms with Crippen molar-refractivity contribution in [3.8, 4) is 0 Å². The largest absolute Gasteiger partial charge is 0.416 e. The van der Waals surface area contributed by atoms with Crippen LogP contribution in [0.5, 0.6) is 0 Å². The first kappa shape index (κ1) is 24.0. The van der Waals surface area contributed by atoms with Gasteiger partial charge >= 0.3 is 6.18 Å². The Balaban J connectivity index is 1.45. The average Bonchev–Trinajstić information content (AvgIpc) is 2.80. The van der Waals surface area contributed by atoms with Crippen LogP contribution in [0.25, 0.3) is 0 Å². The highest BCUT2D eigenvalue weighted by atomic mass is 32.2. The van der Waals surface area contributed by atoms with Crippen molar-refractivity contribution >= 4 is 27.3 Å². The number of aromatic nitrogens is 2. The van der Waals surface area contributed by atoms with Gasteiger partial charge in [0.1, 0.15) is 17.5 Å². The van der Waals surface area contributed by atoms with Gasteiger partial charge in [0.2, 0.25) is 10.0 Å². The highest BCUT2D eigenvalue weighted by Gasteiger charge is 2.32. The van der Waals surface area contributed by atoms with Gasteiger partial charge in [-0.1, -0.05) is 17.7 Å². The van der Waals surface area contributed by atoms with Gasteiger partial charge in [0.05, 0.1) is 10.5 Å². The molecule has 1 aromatic heterocycles. The molecular weight excluding hydrogens is 467 g/mol.